The van der Waals surface area contributed by atoms with Gasteiger partial charge in [0.1, 0.15) is 0 Å². The highest BCUT2D eigenvalue weighted by molar-refractivity contribution is 5.75. The van der Waals surface area contributed by atoms with Gasteiger partial charge in [0.05, 0.1) is 30.4 Å². The zero-order valence-electron chi connectivity index (χ0n) is 20.7. The molecular weight excluding hydrogens is 404 g/mol. The molecule has 1 aliphatic carbocycles. The average molecular weight is 447 g/mol. The van der Waals surface area contributed by atoms with Crippen LogP contribution in [-0.4, -0.2) is 30.0 Å². The summed E-state index contributed by atoms with van der Waals surface area (Å²) in [6.45, 7) is 9.54. The van der Waals surface area contributed by atoms with Crippen molar-refractivity contribution in [1.82, 2.24) is 4.57 Å². The summed E-state index contributed by atoms with van der Waals surface area (Å²) in [5.74, 6) is -0.322. The zero-order valence-corrected chi connectivity index (χ0v) is 20.7. The predicted octanol–water partition coefficient (Wildman–Crippen LogP) is 6.21. The summed E-state index contributed by atoms with van der Waals surface area (Å²) in [7, 11) is 1.55. The zero-order chi connectivity index (χ0) is 24.0. The predicted molar refractivity (Wildman–Crippen MR) is 130 cm³/mol. The van der Waals surface area contributed by atoms with Gasteiger partial charge in [-0.3, -0.25) is 4.57 Å². The highest BCUT2D eigenvalue weighted by Crippen LogP contribution is 2.34. The van der Waals surface area contributed by atoms with Crippen molar-refractivity contribution in [2.24, 2.45) is 5.41 Å². The average Bonchev–Trinajstić information content (AvgIpc) is 3.09. The van der Waals surface area contributed by atoms with Crippen LogP contribution < -0.4 is 5.76 Å². The second-order valence-corrected chi connectivity index (χ2v) is 9.20. The van der Waals surface area contributed by atoms with E-state index in [0.29, 0.717) is 23.2 Å². The van der Waals surface area contributed by atoms with Crippen LogP contribution in [0.3, 0.4) is 0 Å². The Hall–Kier alpha value is -2.10. The summed E-state index contributed by atoms with van der Waals surface area (Å²) in [6.07, 6.45) is 11.2. The number of nitriles is 1. The molecule has 0 aliphatic heterocycles. The summed E-state index contributed by atoms with van der Waals surface area (Å²) in [6, 6.07) is 7.35. The van der Waals surface area contributed by atoms with E-state index in [9.17, 15) is 4.79 Å². The molecular formula is C26H42N2O4. The minimum absolute atomic E-state index is 0.122. The third-order valence-electron chi connectivity index (χ3n) is 5.85. The highest BCUT2D eigenvalue weighted by atomic mass is 16.5. The van der Waals surface area contributed by atoms with Gasteiger partial charge in [-0.15, -0.1) is 0 Å². The third-order valence-corrected chi connectivity index (χ3v) is 5.85. The quantitative estimate of drug-likeness (QED) is 0.546. The summed E-state index contributed by atoms with van der Waals surface area (Å²) in [5.41, 5.74) is 2.52. The van der Waals surface area contributed by atoms with E-state index in [2.05, 4.69) is 38.5 Å². The van der Waals surface area contributed by atoms with Crippen LogP contribution in [0.1, 0.15) is 97.1 Å². The highest BCUT2D eigenvalue weighted by Gasteiger charge is 2.20. The Morgan fingerprint density at radius 2 is 1.81 bits per heavy atom. The van der Waals surface area contributed by atoms with E-state index in [1.807, 2.05) is 0 Å². The molecule has 0 bridgehead atoms. The van der Waals surface area contributed by atoms with E-state index < -0.39 is 0 Å². The van der Waals surface area contributed by atoms with Gasteiger partial charge in [0.15, 0.2) is 5.58 Å². The van der Waals surface area contributed by atoms with Crippen LogP contribution in [0.5, 0.6) is 0 Å². The fraction of sp³-hybridized carbons (Fsp3) is 0.692. The van der Waals surface area contributed by atoms with Crippen molar-refractivity contribution in [3.63, 3.8) is 0 Å². The number of hydrogen-bond acceptors (Lipinski definition) is 5. The van der Waals surface area contributed by atoms with Gasteiger partial charge in [0, 0.05) is 13.2 Å². The molecule has 0 radical (unpaired) electrons. The van der Waals surface area contributed by atoms with Crippen molar-refractivity contribution in [2.75, 3.05) is 20.3 Å². The molecule has 6 nitrogen and oxygen atoms in total. The van der Waals surface area contributed by atoms with E-state index in [4.69, 9.17) is 14.8 Å². The number of nitrogens with zero attached hydrogens (tertiary/aromatic N) is 2. The lowest BCUT2D eigenvalue weighted by Crippen LogP contribution is -2.20. The molecule has 180 valence electrons. The molecule has 0 amide bonds. The maximum Gasteiger partial charge on any atom is 0.420 e. The summed E-state index contributed by atoms with van der Waals surface area (Å²) in [5, 5.41) is 16.9. The first-order chi connectivity index (χ1) is 15.3. The minimum atomic E-state index is -0.322. The summed E-state index contributed by atoms with van der Waals surface area (Å²) in [4.78, 5) is 12.0. The number of methoxy groups -OCH3 is 1. The molecule has 0 spiro atoms. The van der Waals surface area contributed by atoms with Crippen LogP contribution in [-0.2, 0) is 4.74 Å². The molecule has 1 aromatic heterocycles. The molecule has 1 N–H and O–H groups in total. The number of rotatable bonds is 7. The van der Waals surface area contributed by atoms with Crippen LogP contribution in [0, 0.1) is 16.7 Å². The fourth-order valence-electron chi connectivity index (χ4n) is 4.12. The van der Waals surface area contributed by atoms with Gasteiger partial charge in [-0.1, -0.05) is 59.8 Å². The van der Waals surface area contributed by atoms with E-state index >= 15 is 0 Å². The smallest absolute Gasteiger partial charge is 0.408 e. The molecule has 0 unspecified atom stereocenters. The monoisotopic (exact) mass is 446 g/mol. The largest absolute Gasteiger partial charge is 0.420 e. The Bertz CT molecular complexity index is 860. The van der Waals surface area contributed by atoms with Gasteiger partial charge in [-0.2, -0.15) is 5.26 Å². The van der Waals surface area contributed by atoms with E-state index in [1.54, 1.807) is 29.9 Å². The molecule has 32 heavy (non-hydrogen) atoms. The molecule has 3 rings (SSSR count). The minimum Gasteiger partial charge on any atom is -0.408 e. The van der Waals surface area contributed by atoms with Crippen LogP contribution in [0.25, 0.3) is 11.1 Å². The van der Waals surface area contributed by atoms with Crippen molar-refractivity contribution in [3.05, 3.63) is 34.3 Å². The second kappa shape index (κ2) is 14.9. The molecule has 1 saturated carbocycles. The Morgan fingerprint density at radius 3 is 2.22 bits per heavy atom. The van der Waals surface area contributed by atoms with Gasteiger partial charge >= 0.3 is 5.76 Å². The number of ether oxygens (including phenoxy) is 1. The Labute approximate surface area is 193 Å². The van der Waals surface area contributed by atoms with Crippen molar-refractivity contribution in [2.45, 2.75) is 91.5 Å². The van der Waals surface area contributed by atoms with E-state index in [1.165, 1.54) is 32.1 Å². The number of hydrogen-bond donors (Lipinski definition) is 1. The number of aliphatic hydroxyl groups is 1. The van der Waals surface area contributed by atoms with E-state index in [0.717, 1.165) is 31.2 Å². The lowest BCUT2D eigenvalue weighted by molar-refractivity contribution is 0.135. The topological polar surface area (TPSA) is 88.4 Å². The van der Waals surface area contributed by atoms with Gasteiger partial charge < -0.3 is 14.3 Å². The molecule has 1 aromatic carbocycles. The van der Waals surface area contributed by atoms with Crippen LogP contribution >= 0.6 is 0 Å². The SMILES string of the molecule is CC1(C)CCCCC1.CCCC(CCC)n1c(=O)oc2ccc(C#N)cc21.COCCO. The molecule has 1 fully saturated rings. The van der Waals surface area contributed by atoms with Gasteiger partial charge in [0.25, 0.3) is 0 Å². The van der Waals surface area contributed by atoms with Crippen molar-refractivity contribution < 1.29 is 14.3 Å². The number of aromatic nitrogens is 1. The Kier molecular flexibility index (Phi) is 13.0. The maximum atomic E-state index is 12.0. The lowest BCUT2D eigenvalue weighted by atomic mass is 9.78. The Balaban J connectivity index is 0.000000323. The van der Waals surface area contributed by atoms with Crippen LogP contribution in [0.4, 0.5) is 0 Å². The molecule has 0 atom stereocenters. The number of fused-ring (bicyclic) bond motifs is 1. The van der Waals surface area contributed by atoms with Crippen molar-refractivity contribution >= 4 is 11.1 Å². The molecule has 0 saturated heterocycles. The third kappa shape index (κ3) is 9.18. The molecule has 1 heterocycles. The first-order valence-corrected chi connectivity index (χ1v) is 12.0. The fourth-order valence-corrected chi connectivity index (χ4v) is 4.12. The first kappa shape index (κ1) is 27.9. The van der Waals surface area contributed by atoms with Crippen LogP contribution in [0.15, 0.2) is 27.4 Å². The molecule has 2 aromatic rings. The molecule has 6 heteroatoms. The summed E-state index contributed by atoms with van der Waals surface area (Å²) >= 11 is 0. The number of benzene rings is 1. The molecule has 1 aliphatic rings. The van der Waals surface area contributed by atoms with Crippen molar-refractivity contribution in [3.8, 4) is 6.07 Å². The summed E-state index contributed by atoms with van der Waals surface area (Å²) < 4.78 is 11.4. The van der Waals surface area contributed by atoms with Gasteiger partial charge in [-0.25, -0.2) is 4.79 Å². The van der Waals surface area contributed by atoms with Crippen LogP contribution in [0.2, 0.25) is 0 Å². The second-order valence-electron chi connectivity index (χ2n) is 9.20. The normalized spacial score (nSPS) is 14.8. The lowest BCUT2D eigenvalue weighted by Gasteiger charge is -2.28. The maximum absolute atomic E-state index is 12.0. The number of aliphatic hydroxyl groups excluding tert-OH is 1. The Morgan fingerprint density at radius 1 is 1.19 bits per heavy atom. The van der Waals surface area contributed by atoms with Gasteiger partial charge in [0.2, 0.25) is 0 Å². The first-order valence-electron chi connectivity index (χ1n) is 12.0. The van der Waals surface area contributed by atoms with Gasteiger partial charge in [-0.05, 0) is 49.3 Å². The number of oxazole rings is 1. The van der Waals surface area contributed by atoms with E-state index in [-0.39, 0.29) is 18.4 Å². The standard InChI is InChI=1S/C15H18N2O2.C8H16.C3H8O2/c1-3-5-12(6-4-2)17-13-9-11(10-16)7-8-14(13)19-15(17)18;1-8(2)6-4-3-5-7-8;1-5-3-2-4/h7-9,12H,3-6H2,1-2H3;3-7H2,1-2H3;4H,2-3H2,1H3. The van der Waals surface area contributed by atoms with Crippen molar-refractivity contribution in [1.29, 1.82) is 5.26 Å².